The fourth-order valence-electron chi connectivity index (χ4n) is 5.98. The quantitative estimate of drug-likeness (QED) is 0.761. The Hall–Kier alpha value is -1.89. The lowest BCUT2D eigenvalue weighted by Crippen LogP contribution is -2.47. The molecule has 2 bridgehead atoms. The lowest BCUT2D eigenvalue weighted by molar-refractivity contribution is -0.132. The van der Waals surface area contributed by atoms with E-state index in [1.165, 1.54) is 25.7 Å². The van der Waals surface area contributed by atoms with Gasteiger partial charge in [-0.1, -0.05) is 24.2 Å². The van der Waals surface area contributed by atoms with Crippen LogP contribution in [0.4, 0.5) is 0 Å². The molecule has 2 saturated carbocycles. The number of amides is 2. The lowest BCUT2D eigenvalue weighted by atomic mass is 9.84. The van der Waals surface area contributed by atoms with E-state index in [0.717, 1.165) is 54.9 Å². The summed E-state index contributed by atoms with van der Waals surface area (Å²) in [6.45, 7) is 3.54. The number of nitrogens with one attached hydrogen (secondary N) is 1. The van der Waals surface area contributed by atoms with Crippen LogP contribution in [-0.2, 0) is 16.0 Å². The first kappa shape index (κ1) is 21.0. The van der Waals surface area contributed by atoms with E-state index < -0.39 is 4.75 Å². The van der Waals surface area contributed by atoms with Gasteiger partial charge in [-0.25, -0.2) is 0 Å². The van der Waals surface area contributed by atoms with Crippen LogP contribution in [0.1, 0.15) is 57.4 Å². The number of fused-ring (bicyclic) bond motifs is 2. The number of amidine groups is 1. The van der Waals surface area contributed by atoms with Crippen molar-refractivity contribution >= 4 is 28.7 Å². The number of thioether (sulfide) groups is 1. The first-order valence-electron chi connectivity index (χ1n) is 11.8. The molecule has 0 spiro atoms. The monoisotopic (exact) mass is 440 g/mol. The van der Waals surface area contributed by atoms with Crippen LogP contribution >= 0.6 is 11.8 Å². The highest BCUT2D eigenvalue weighted by molar-refractivity contribution is 8.16. The number of hydrogen-bond acceptors (Lipinski definition) is 5. The summed E-state index contributed by atoms with van der Waals surface area (Å²) in [6, 6.07) is 4.33. The molecule has 2 amide bonds. The molecule has 31 heavy (non-hydrogen) atoms. The molecule has 1 aromatic heterocycles. The zero-order valence-corrected chi connectivity index (χ0v) is 19.1. The number of hydrogen-bond donors (Lipinski definition) is 1. The summed E-state index contributed by atoms with van der Waals surface area (Å²) in [5, 5.41) is 3.92. The van der Waals surface area contributed by atoms with E-state index in [4.69, 9.17) is 4.99 Å². The van der Waals surface area contributed by atoms with Gasteiger partial charge < -0.3 is 10.2 Å². The number of aliphatic imine (C=N–C) groups is 1. The highest BCUT2D eigenvalue weighted by Gasteiger charge is 2.50. The highest BCUT2D eigenvalue weighted by atomic mass is 32.2. The Morgan fingerprint density at radius 3 is 2.81 bits per heavy atom. The summed E-state index contributed by atoms with van der Waals surface area (Å²) in [4.78, 5) is 36.6. The maximum Gasteiger partial charge on any atom is 0.242 e. The summed E-state index contributed by atoms with van der Waals surface area (Å²) >= 11 is 1.64. The van der Waals surface area contributed by atoms with E-state index in [1.807, 2.05) is 23.2 Å². The van der Waals surface area contributed by atoms with Gasteiger partial charge in [0.2, 0.25) is 11.8 Å². The lowest BCUT2D eigenvalue weighted by Gasteiger charge is -2.38. The molecule has 7 heteroatoms. The second-order valence-corrected chi connectivity index (χ2v) is 11.3. The van der Waals surface area contributed by atoms with Gasteiger partial charge >= 0.3 is 0 Å². The fourth-order valence-corrected chi connectivity index (χ4v) is 7.26. The SMILES string of the molecule is CC1(C2CCN(C(=O)CCc3cccnc3)CC2)SC(=N[C@H]2C[C@@H]3CC[C@H]2C3)NC1=O. The van der Waals surface area contributed by atoms with Crippen molar-refractivity contribution in [3.8, 4) is 0 Å². The van der Waals surface area contributed by atoms with Crippen molar-refractivity contribution in [2.24, 2.45) is 22.7 Å². The maximum atomic E-state index is 12.9. The maximum absolute atomic E-state index is 12.9. The molecule has 4 fully saturated rings. The number of aromatic nitrogens is 1. The van der Waals surface area contributed by atoms with Crippen molar-refractivity contribution in [3.63, 3.8) is 0 Å². The Morgan fingerprint density at radius 2 is 2.13 bits per heavy atom. The number of piperidine rings is 1. The Balaban J connectivity index is 1.14. The molecule has 4 aliphatic rings. The molecule has 1 aromatic rings. The van der Waals surface area contributed by atoms with E-state index >= 15 is 0 Å². The van der Waals surface area contributed by atoms with Gasteiger partial charge in [0.15, 0.2) is 5.17 Å². The molecule has 1 N–H and O–H groups in total. The fraction of sp³-hybridized carbons (Fsp3) is 0.667. The molecule has 0 aromatic carbocycles. The minimum Gasteiger partial charge on any atom is -0.343 e. The van der Waals surface area contributed by atoms with Crippen molar-refractivity contribution < 1.29 is 9.59 Å². The van der Waals surface area contributed by atoms with Gasteiger partial charge in [0.1, 0.15) is 4.75 Å². The van der Waals surface area contributed by atoms with Gasteiger partial charge in [-0.3, -0.25) is 19.6 Å². The number of nitrogens with zero attached hydrogens (tertiary/aromatic N) is 3. The summed E-state index contributed by atoms with van der Waals surface area (Å²) in [7, 11) is 0. The number of aryl methyl sites for hydroxylation is 1. The molecule has 166 valence electrons. The Kier molecular flexibility index (Phi) is 5.80. The van der Waals surface area contributed by atoms with Crippen LogP contribution in [0.25, 0.3) is 0 Å². The van der Waals surface area contributed by atoms with Gasteiger partial charge in [-0.15, -0.1) is 0 Å². The summed E-state index contributed by atoms with van der Waals surface area (Å²) in [5.74, 6) is 2.15. The third-order valence-corrected chi connectivity index (χ3v) is 9.28. The van der Waals surface area contributed by atoms with Gasteiger partial charge in [0, 0.05) is 31.9 Å². The molecule has 3 heterocycles. The van der Waals surface area contributed by atoms with Crippen LogP contribution < -0.4 is 5.32 Å². The molecule has 0 radical (unpaired) electrons. The van der Waals surface area contributed by atoms with E-state index in [0.29, 0.717) is 12.5 Å². The number of carbonyl (C=O) groups is 2. The largest absolute Gasteiger partial charge is 0.343 e. The molecular weight excluding hydrogens is 408 g/mol. The van der Waals surface area contributed by atoms with Gasteiger partial charge in [0.05, 0.1) is 6.04 Å². The summed E-state index contributed by atoms with van der Waals surface area (Å²) in [6.07, 6.45) is 11.7. The van der Waals surface area contributed by atoms with E-state index in [-0.39, 0.29) is 17.7 Å². The van der Waals surface area contributed by atoms with Crippen molar-refractivity contribution in [2.75, 3.05) is 13.1 Å². The summed E-state index contributed by atoms with van der Waals surface area (Å²) < 4.78 is -0.471. The average molecular weight is 441 g/mol. The van der Waals surface area contributed by atoms with Crippen LogP contribution in [0, 0.1) is 17.8 Å². The number of pyridine rings is 1. The molecule has 1 unspecified atom stereocenters. The Labute approximate surface area is 188 Å². The van der Waals surface area contributed by atoms with Crippen molar-refractivity contribution in [2.45, 2.75) is 69.1 Å². The van der Waals surface area contributed by atoms with Crippen molar-refractivity contribution in [1.82, 2.24) is 15.2 Å². The normalized spacial score (nSPS) is 34.5. The minimum atomic E-state index is -0.471. The summed E-state index contributed by atoms with van der Waals surface area (Å²) in [5.41, 5.74) is 1.10. The van der Waals surface area contributed by atoms with Crippen LogP contribution in [0.3, 0.4) is 0 Å². The van der Waals surface area contributed by atoms with E-state index in [1.54, 1.807) is 18.0 Å². The molecule has 2 aliphatic heterocycles. The minimum absolute atomic E-state index is 0.0979. The van der Waals surface area contributed by atoms with Crippen LogP contribution in [0.15, 0.2) is 29.5 Å². The zero-order valence-electron chi connectivity index (χ0n) is 18.3. The molecule has 6 nitrogen and oxygen atoms in total. The van der Waals surface area contributed by atoms with Crippen LogP contribution in [0.5, 0.6) is 0 Å². The second-order valence-electron chi connectivity index (χ2n) is 9.86. The highest BCUT2D eigenvalue weighted by Crippen LogP contribution is 2.48. The van der Waals surface area contributed by atoms with Crippen molar-refractivity contribution in [3.05, 3.63) is 30.1 Å². The average Bonchev–Trinajstić information content (AvgIpc) is 3.48. The van der Waals surface area contributed by atoms with Gasteiger partial charge in [0.25, 0.3) is 0 Å². The molecule has 4 atom stereocenters. The Morgan fingerprint density at radius 1 is 1.29 bits per heavy atom. The number of carbonyl (C=O) groups excluding carboxylic acids is 2. The standard InChI is InChI=1S/C24H32N4O2S/c1-24(22(30)27-23(31-24)26-20-14-17-4-6-18(20)13-17)19-8-11-28(12-9-19)21(29)7-5-16-3-2-10-25-15-16/h2-3,10,15,17-20H,4-9,11-14H2,1H3,(H,26,27,30)/t17-,18+,20+,24?/m1/s1. The smallest absolute Gasteiger partial charge is 0.242 e. The van der Waals surface area contributed by atoms with Gasteiger partial charge in [-0.2, -0.15) is 0 Å². The number of likely N-dealkylation sites (tertiary alicyclic amines) is 1. The van der Waals surface area contributed by atoms with E-state index in [9.17, 15) is 9.59 Å². The number of rotatable bonds is 5. The van der Waals surface area contributed by atoms with Crippen LogP contribution in [0.2, 0.25) is 0 Å². The van der Waals surface area contributed by atoms with E-state index in [2.05, 4.69) is 17.2 Å². The first-order valence-corrected chi connectivity index (χ1v) is 12.6. The molecule has 2 saturated heterocycles. The Bertz CT molecular complexity index is 868. The molecular formula is C24H32N4O2S. The second kappa shape index (κ2) is 8.57. The predicted molar refractivity (Wildman–Crippen MR) is 123 cm³/mol. The van der Waals surface area contributed by atoms with Crippen LogP contribution in [-0.4, -0.2) is 50.7 Å². The predicted octanol–water partition coefficient (Wildman–Crippen LogP) is 3.42. The molecule has 2 aliphatic carbocycles. The topological polar surface area (TPSA) is 74.7 Å². The molecule has 5 rings (SSSR count). The van der Waals surface area contributed by atoms with Gasteiger partial charge in [-0.05, 0) is 74.8 Å². The third-order valence-electron chi connectivity index (χ3n) is 7.94. The first-order chi connectivity index (χ1) is 15.0. The van der Waals surface area contributed by atoms with Crippen molar-refractivity contribution in [1.29, 1.82) is 0 Å². The third kappa shape index (κ3) is 4.26. The zero-order chi connectivity index (χ0) is 21.4.